The van der Waals surface area contributed by atoms with Gasteiger partial charge in [0.1, 0.15) is 11.4 Å². The summed E-state index contributed by atoms with van der Waals surface area (Å²) in [6.07, 6.45) is 0. The predicted molar refractivity (Wildman–Crippen MR) is 83.5 cm³/mol. The number of halogens is 1. The molecule has 0 radical (unpaired) electrons. The van der Waals surface area contributed by atoms with Crippen molar-refractivity contribution in [1.82, 2.24) is 4.98 Å². The monoisotopic (exact) mass is 323 g/mol. The molecule has 1 aromatic heterocycles. The van der Waals surface area contributed by atoms with Crippen molar-refractivity contribution in [3.63, 3.8) is 0 Å². The van der Waals surface area contributed by atoms with Crippen LogP contribution in [0.3, 0.4) is 0 Å². The number of fused-ring (bicyclic) bond motifs is 1. The Bertz CT molecular complexity index is 846. The van der Waals surface area contributed by atoms with Crippen LogP contribution in [0, 0.1) is 11.8 Å². The van der Waals surface area contributed by atoms with Gasteiger partial charge in [-0.05, 0) is 42.3 Å². The molecule has 0 saturated heterocycles. The molecule has 0 atom stereocenters. The van der Waals surface area contributed by atoms with Gasteiger partial charge in [0.2, 0.25) is 0 Å². The lowest BCUT2D eigenvalue weighted by Gasteiger charge is -1.98. The highest BCUT2D eigenvalue weighted by Crippen LogP contribution is 2.18. The van der Waals surface area contributed by atoms with Gasteiger partial charge in [0.15, 0.2) is 0 Å². The van der Waals surface area contributed by atoms with E-state index < -0.39 is 0 Å². The molecule has 2 nitrogen and oxygen atoms in total. The van der Waals surface area contributed by atoms with Crippen LogP contribution in [0.2, 0.25) is 0 Å². The minimum Gasteiger partial charge on any atom is -0.508 e. The molecule has 3 heteroatoms. The number of phenolic OH excluding ortho intramolecular Hbond substituents is 1. The largest absolute Gasteiger partial charge is 0.508 e. The summed E-state index contributed by atoms with van der Waals surface area (Å²) in [4.78, 5) is 4.51. The van der Waals surface area contributed by atoms with Crippen molar-refractivity contribution in [2.24, 2.45) is 0 Å². The number of hydrogen-bond acceptors (Lipinski definition) is 2. The lowest BCUT2D eigenvalue weighted by molar-refractivity contribution is 0.475. The predicted octanol–water partition coefficient (Wildman–Crippen LogP) is 4.10. The highest BCUT2D eigenvalue weighted by molar-refractivity contribution is 9.10. The van der Waals surface area contributed by atoms with Gasteiger partial charge in [-0.15, -0.1) is 0 Å². The molecule has 0 aliphatic rings. The third kappa shape index (κ3) is 2.81. The van der Waals surface area contributed by atoms with Crippen LogP contribution in [-0.2, 0) is 0 Å². The average Bonchev–Trinajstić information content (AvgIpc) is 2.45. The fraction of sp³-hybridized carbons (Fsp3) is 0. The van der Waals surface area contributed by atoms with Crippen molar-refractivity contribution in [1.29, 1.82) is 0 Å². The number of hydrogen-bond donors (Lipinski definition) is 1. The van der Waals surface area contributed by atoms with Gasteiger partial charge >= 0.3 is 0 Å². The van der Waals surface area contributed by atoms with Crippen molar-refractivity contribution < 1.29 is 5.11 Å². The van der Waals surface area contributed by atoms with Crippen molar-refractivity contribution >= 4 is 26.8 Å². The van der Waals surface area contributed by atoms with E-state index in [1.54, 1.807) is 18.2 Å². The number of nitrogens with zero attached hydrogens (tertiary/aromatic N) is 1. The molecule has 3 rings (SSSR count). The van der Waals surface area contributed by atoms with E-state index in [2.05, 4.69) is 32.8 Å². The molecule has 0 saturated carbocycles. The highest BCUT2D eigenvalue weighted by Gasteiger charge is 1.97. The molecule has 2 aromatic carbocycles. The minimum absolute atomic E-state index is 0.215. The third-order valence-corrected chi connectivity index (χ3v) is 3.33. The lowest BCUT2D eigenvalue weighted by atomic mass is 10.2. The SMILES string of the molecule is Oc1cccc(C#Cc2ccc3ccc(Br)cc3n2)c1. The maximum atomic E-state index is 9.39. The summed E-state index contributed by atoms with van der Waals surface area (Å²) in [5.41, 5.74) is 2.38. The molecular formula is C17H10BrNO. The van der Waals surface area contributed by atoms with Crippen molar-refractivity contribution in [3.05, 3.63) is 70.3 Å². The smallest absolute Gasteiger partial charge is 0.116 e. The number of aromatic nitrogens is 1. The molecular weight excluding hydrogens is 314 g/mol. The van der Waals surface area contributed by atoms with Gasteiger partial charge < -0.3 is 5.11 Å². The fourth-order valence-corrected chi connectivity index (χ4v) is 2.23. The fourth-order valence-electron chi connectivity index (χ4n) is 1.88. The standard InChI is InChI=1S/C17H10BrNO/c18-14-7-5-13-6-9-15(19-17(13)11-14)8-4-12-2-1-3-16(20)10-12/h1-3,5-7,9-11,20H. The van der Waals surface area contributed by atoms with E-state index in [0.717, 1.165) is 20.9 Å². The van der Waals surface area contributed by atoms with Crippen LogP contribution in [0.1, 0.15) is 11.3 Å². The summed E-state index contributed by atoms with van der Waals surface area (Å²) in [6, 6.07) is 16.7. The van der Waals surface area contributed by atoms with Gasteiger partial charge in [0.25, 0.3) is 0 Å². The van der Waals surface area contributed by atoms with Gasteiger partial charge in [-0.3, -0.25) is 0 Å². The van der Waals surface area contributed by atoms with Crippen LogP contribution in [0.5, 0.6) is 5.75 Å². The Labute approximate surface area is 125 Å². The molecule has 3 aromatic rings. The van der Waals surface area contributed by atoms with Gasteiger partial charge in [0.05, 0.1) is 5.52 Å². The van der Waals surface area contributed by atoms with Crippen molar-refractivity contribution in [2.75, 3.05) is 0 Å². The quantitative estimate of drug-likeness (QED) is 0.632. The maximum Gasteiger partial charge on any atom is 0.116 e. The van der Waals surface area contributed by atoms with Gasteiger partial charge in [-0.25, -0.2) is 4.98 Å². The molecule has 0 unspecified atom stereocenters. The summed E-state index contributed by atoms with van der Waals surface area (Å²) in [5.74, 6) is 6.22. The number of pyridine rings is 1. The first-order valence-corrected chi connectivity index (χ1v) is 6.87. The number of benzene rings is 2. The zero-order chi connectivity index (χ0) is 13.9. The van der Waals surface area contributed by atoms with E-state index in [-0.39, 0.29) is 5.75 Å². The molecule has 0 spiro atoms. The van der Waals surface area contributed by atoms with Crippen LogP contribution in [-0.4, -0.2) is 10.1 Å². The molecule has 1 heterocycles. The number of rotatable bonds is 0. The molecule has 0 amide bonds. The first-order valence-electron chi connectivity index (χ1n) is 6.08. The summed E-state index contributed by atoms with van der Waals surface area (Å²) < 4.78 is 0.996. The zero-order valence-corrected chi connectivity index (χ0v) is 12.1. The van der Waals surface area contributed by atoms with E-state index in [1.807, 2.05) is 36.4 Å². The summed E-state index contributed by atoms with van der Waals surface area (Å²) in [6.45, 7) is 0. The second-order valence-corrected chi connectivity index (χ2v) is 5.25. The Hall–Kier alpha value is -2.31. The van der Waals surface area contributed by atoms with Crippen LogP contribution in [0.25, 0.3) is 10.9 Å². The summed E-state index contributed by atoms with van der Waals surface area (Å²) >= 11 is 3.44. The second kappa shape index (κ2) is 5.36. The minimum atomic E-state index is 0.215. The van der Waals surface area contributed by atoms with E-state index in [1.165, 1.54) is 0 Å². The van der Waals surface area contributed by atoms with Crippen LogP contribution >= 0.6 is 15.9 Å². The Morgan fingerprint density at radius 1 is 0.950 bits per heavy atom. The zero-order valence-electron chi connectivity index (χ0n) is 10.5. The Kier molecular flexibility index (Phi) is 3.41. The van der Waals surface area contributed by atoms with E-state index >= 15 is 0 Å². The third-order valence-electron chi connectivity index (χ3n) is 2.84. The van der Waals surface area contributed by atoms with Crippen LogP contribution < -0.4 is 0 Å². The van der Waals surface area contributed by atoms with Crippen LogP contribution in [0.4, 0.5) is 0 Å². The van der Waals surface area contributed by atoms with E-state index in [4.69, 9.17) is 0 Å². The Balaban J connectivity index is 1.99. The summed E-state index contributed by atoms with van der Waals surface area (Å²) in [7, 11) is 0. The average molecular weight is 324 g/mol. The summed E-state index contributed by atoms with van der Waals surface area (Å²) in [5, 5.41) is 10.5. The molecule has 0 aliphatic heterocycles. The van der Waals surface area contributed by atoms with Gasteiger partial charge in [-0.2, -0.15) is 0 Å². The van der Waals surface area contributed by atoms with Crippen LogP contribution in [0.15, 0.2) is 59.1 Å². The first-order chi connectivity index (χ1) is 9.70. The van der Waals surface area contributed by atoms with Gasteiger partial charge in [-0.1, -0.05) is 40.0 Å². The Morgan fingerprint density at radius 3 is 2.65 bits per heavy atom. The molecule has 20 heavy (non-hydrogen) atoms. The molecule has 1 N–H and O–H groups in total. The van der Waals surface area contributed by atoms with E-state index in [0.29, 0.717) is 5.69 Å². The Morgan fingerprint density at radius 2 is 1.80 bits per heavy atom. The number of aromatic hydroxyl groups is 1. The maximum absolute atomic E-state index is 9.39. The topological polar surface area (TPSA) is 33.1 Å². The normalized spacial score (nSPS) is 10.1. The van der Waals surface area contributed by atoms with Crippen molar-refractivity contribution in [3.8, 4) is 17.6 Å². The van der Waals surface area contributed by atoms with Gasteiger partial charge in [0, 0.05) is 15.4 Å². The second-order valence-electron chi connectivity index (χ2n) is 4.33. The first kappa shape index (κ1) is 12.7. The number of phenols is 1. The molecule has 0 fully saturated rings. The molecule has 0 bridgehead atoms. The molecule has 96 valence electrons. The lowest BCUT2D eigenvalue weighted by Crippen LogP contribution is -1.84. The highest BCUT2D eigenvalue weighted by atomic mass is 79.9. The molecule has 0 aliphatic carbocycles. The van der Waals surface area contributed by atoms with E-state index in [9.17, 15) is 5.11 Å². The van der Waals surface area contributed by atoms with Crippen molar-refractivity contribution in [2.45, 2.75) is 0 Å².